The van der Waals surface area contributed by atoms with Crippen LogP contribution < -0.4 is 0 Å². The van der Waals surface area contributed by atoms with Crippen molar-refractivity contribution < 1.29 is 5.11 Å². The second-order valence-corrected chi connectivity index (χ2v) is 7.03. The highest BCUT2D eigenvalue weighted by Gasteiger charge is 2.14. The number of thiophene rings is 2. The van der Waals surface area contributed by atoms with Gasteiger partial charge in [0.15, 0.2) is 0 Å². The fourth-order valence-electron chi connectivity index (χ4n) is 1.92. The summed E-state index contributed by atoms with van der Waals surface area (Å²) in [5.41, 5.74) is 1.14. The average molecular weight is 339 g/mol. The molecule has 0 aliphatic heterocycles. The van der Waals surface area contributed by atoms with Crippen molar-refractivity contribution in [3.8, 4) is 0 Å². The molecule has 0 bridgehead atoms. The van der Waals surface area contributed by atoms with Crippen molar-refractivity contribution in [1.29, 1.82) is 0 Å². The molecular formula is C14H11BrOS2. The van der Waals surface area contributed by atoms with E-state index in [1.165, 1.54) is 9.40 Å². The molecule has 0 aliphatic carbocycles. The van der Waals surface area contributed by atoms with E-state index in [9.17, 15) is 5.11 Å². The van der Waals surface area contributed by atoms with Crippen LogP contribution in [0.3, 0.4) is 0 Å². The van der Waals surface area contributed by atoms with E-state index < -0.39 is 6.10 Å². The maximum Gasteiger partial charge on any atom is 0.0923 e. The second kappa shape index (κ2) is 5.13. The standard InChI is InChI=1S/C14H11BrOS2/c15-10-4-2-1-3-9(10)7-11(16)13-8-14-12(18-13)5-6-17-14/h1-6,8,11,16H,7H2. The van der Waals surface area contributed by atoms with E-state index in [4.69, 9.17) is 0 Å². The van der Waals surface area contributed by atoms with Crippen molar-refractivity contribution in [3.63, 3.8) is 0 Å². The lowest BCUT2D eigenvalue weighted by Gasteiger charge is -2.09. The Hall–Kier alpha value is -0.680. The minimum absolute atomic E-state index is 0.423. The Kier molecular flexibility index (Phi) is 3.52. The van der Waals surface area contributed by atoms with Crippen LogP contribution in [-0.2, 0) is 6.42 Å². The first-order chi connectivity index (χ1) is 8.74. The summed E-state index contributed by atoms with van der Waals surface area (Å²) in [6.45, 7) is 0. The van der Waals surface area contributed by atoms with Crippen LogP contribution in [-0.4, -0.2) is 5.11 Å². The maximum absolute atomic E-state index is 10.3. The van der Waals surface area contributed by atoms with Crippen molar-refractivity contribution in [1.82, 2.24) is 0 Å². The first-order valence-electron chi connectivity index (χ1n) is 5.62. The molecule has 92 valence electrons. The predicted octanol–water partition coefficient (Wildman–Crippen LogP) is 5.00. The van der Waals surface area contributed by atoms with Gasteiger partial charge < -0.3 is 5.11 Å². The summed E-state index contributed by atoms with van der Waals surface area (Å²) < 4.78 is 3.59. The molecule has 0 aliphatic rings. The highest BCUT2D eigenvalue weighted by atomic mass is 79.9. The second-order valence-electron chi connectivity index (χ2n) is 4.11. The van der Waals surface area contributed by atoms with E-state index in [1.54, 1.807) is 22.7 Å². The number of benzene rings is 1. The summed E-state index contributed by atoms with van der Waals surface area (Å²) >= 11 is 6.93. The van der Waals surface area contributed by atoms with Gasteiger partial charge in [-0.3, -0.25) is 0 Å². The molecule has 0 saturated carbocycles. The van der Waals surface area contributed by atoms with Gasteiger partial charge in [-0.25, -0.2) is 0 Å². The molecule has 1 aromatic carbocycles. The molecule has 3 aromatic rings. The topological polar surface area (TPSA) is 20.2 Å². The SMILES string of the molecule is OC(Cc1ccccc1Br)c1cc2sccc2s1. The Morgan fingerprint density at radius 1 is 1.17 bits per heavy atom. The Morgan fingerprint density at radius 2 is 2.00 bits per heavy atom. The third kappa shape index (κ3) is 2.38. The number of rotatable bonds is 3. The molecule has 0 saturated heterocycles. The van der Waals surface area contributed by atoms with E-state index in [2.05, 4.69) is 33.4 Å². The van der Waals surface area contributed by atoms with Crippen molar-refractivity contribution in [2.75, 3.05) is 0 Å². The van der Waals surface area contributed by atoms with E-state index >= 15 is 0 Å². The highest BCUT2D eigenvalue weighted by Crippen LogP contribution is 2.35. The molecule has 1 N–H and O–H groups in total. The molecule has 0 fully saturated rings. The van der Waals surface area contributed by atoms with Crippen LogP contribution in [0.25, 0.3) is 9.40 Å². The minimum Gasteiger partial charge on any atom is -0.387 e. The van der Waals surface area contributed by atoms with Crippen LogP contribution in [0.5, 0.6) is 0 Å². The first-order valence-corrected chi connectivity index (χ1v) is 8.11. The number of aliphatic hydroxyl groups is 1. The van der Waals surface area contributed by atoms with Crippen molar-refractivity contribution in [2.24, 2.45) is 0 Å². The van der Waals surface area contributed by atoms with Gasteiger partial charge in [-0.1, -0.05) is 34.1 Å². The number of aliphatic hydroxyl groups excluding tert-OH is 1. The molecule has 0 radical (unpaired) electrons. The van der Waals surface area contributed by atoms with Gasteiger partial charge in [0, 0.05) is 25.2 Å². The van der Waals surface area contributed by atoms with Crippen LogP contribution in [0.15, 0.2) is 46.3 Å². The van der Waals surface area contributed by atoms with Crippen LogP contribution in [0.2, 0.25) is 0 Å². The molecule has 4 heteroatoms. The van der Waals surface area contributed by atoms with Crippen LogP contribution in [0.1, 0.15) is 16.5 Å². The maximum atomic E-state index is 10.3. The van der Waals surface area contributed by atoms with Gasteiger partial charge in [0.1, 0.15) is 0 Å². The Morgan fingerprint density at radius 3 is 2.78 bits per heavy atom. The molecule has 2 heterocycles. The molecule has 0 spiro atoms. The molecule has 1 atom stereocenters. The van der Waals surface area contributed by atoms with Crippen molar-refractivity contribution in [3.05, 3.63) is 56.7 Å². The number of hydrogen-bond acceptors (Lipinski definition) is 3. The molecule has 1 unspecified atom stereocenters. The van der Waals surface area contributed by atoms with E-state index in [0.717, 1.165) is 14.9 Å². The van der Waals surface area contributed by atoms with Crippen molar-refractivity contribution >= 4 is 48.0 Å². The summed E-state index contributed by atoms with van der Waals surface area (Å²) in [6, 6.07) is 12.3. The fraction of sp³-hybridized carbons (Fsp3) is 0.143. The highest BCUT2D eigenvalue weighted by molar-refractivity contribution is 9.10. The Labute approximate surface area is 122 Å². The summed E-state index contributed by atoms with van der Waals surface area (Å²) in [5.74, 6) is 0. The molecular weight excluding hydrogens is 328 g/mol. The molecule has 3 rings (SSSR count). The van der Waals surface area contributed by atoms with Gasteiger partial charge in [0.2, 0.25) is 0 Å². The van der Waals surface area contributed by atoms with Crippen LogP contribution in [0, 0.1) is 0 Å². The quantitative estimate of drug-likeness (QED) is 0.712. The zero-order chi connectivity index (χ0) is 12.5. The first kappa shape index (κ1) is 12.4. The third-order valence-corrected chi connectivity index (χ3v) is 5.83. The van der Waals surface area contributed by atoms with Gasteiger partial charge in [-0.15, -0.1) is 22.7 Å². The molecule has 0 amide bonds. The summed E-state index contributed by atoms with van der Waals surface area (Å²) in [4.78, 5) is 1.05. The molecule has 2 aromatic heterocycles. The van der Waals surface area contributed by atoms with Crippen molar-refractivity contribution in [2.45, 2.75) is 12.5 Å². The van der Waals surface area contributed by atoms with E-state index in [1.807, 2.05) is 24.3 Å². The molecule has 18 heavy (non-hydrogen) atoms. The lowest BCUT2D eigenvalue weighted by atomic mass is 10.1. The largest absolute Gasteiger partial charge is 0.387 e. The summed E-state index contributed by atoms with van der Waals surface area (Å²) in [5, 5.41) is 12.4. The van der Waals surface area contributed by atoms with E-state index in [0.29, 0.717) is 6.42 Å². The van der Waals surface area contributed by atoms with E-state index in [-0.39, 0.29) is 0 Å². The Balaban J connectivity index is 1.85. The van der Waals surface area contributed by atoms with Gasteiger partial charge in [-0.2, -0.15) is 0 Å². The summed E-state index contributed by atoms with van der Waals surface area (Å²) in [7, 11) is 0. The zero-order valence-electron chi connectivity index (χ0n) is 9.47. The minimum atomic E-state index is -0.423. The fourth-order valence-corrected chi connectivity index (χ4v) is 4.47. The number of hydrogen-bond donors (Lipinski definition) is 1. The third-order valence-electron chi connectivity index (χ3n) is 2.86. The predicted molar refractivity (Wildman–Crippen MR) is 82.5 cm³/mol. The average Bonchev–Trinajstić information content (AvgIpc) is 2.92. The normalized spacial score (nSPS) is 13.0. The zero-order valence-corrected chi connectivity index (χ0v) is 12.7. The Bertz CT molecular complexity index is 643. The van der Waals surface area contributed by atoms with Gasteiger partial charge in [0.25, 0.3) is 0 Å². The van der Waals surface area contributed by atoms with Crippen LogP contribution in [0.4, 0.5) is 0 Å². The van der Waals surface area contributed by atoms with Gasteiger partial charge >= 0.3 is 0 Å². The van der Waals surface area contributed by atoms with Crippen LogP contribution >= 0.6 is 38.6 Å². The van der Waals surface area contributed by atoms with Gasteiger partial charge in [0.05, 0.1) is 6.10 Å². The summed E-state index contributed by atoms with van der Waals surface area (Å²) in [6.07, 6.45) is 0.225. The van der Waals surface area contributed by atoms with Gasteiger partial charge in [-0.05, 0) is 29.1 Å². The monoisotopic (exact) mass is 338 g/mol. The lowest BCUT2D eigenvalue weighted by molar-refractivity contribution is 0.182. The number of fused-ring (bicyclic) bond motifs is 1. The lowest BCUT2D eigenvalue weighted by Crippen LogP contribution is -1.99. The number of halogens is 1. The molecule has 1 nitrogen and oxygen atoms in total. The smallest absolute Gasteiger partial charge is 0.0923 e.